The van der Waals surface area contributed by atoms with Crippen LogP contribution in [-0.2, 0) is 36.7 Å². The first-order valence-corrected chi connectivity index (χ1v) is 10.9. The highest BCUT2D eigenvalue weighted by molar-refractivity contribution is 7.71. The summed E-state index contributed by atoms with van der Waals surface area (Å²) in [6, 6.07) is 0. The molecule has 25 heavy (non-hydrogen) atoms. The van der Waals surface area contributed by atoms with Crippen LogP contribution >= 0.6 is 15.2 Å². The third kappa shape index (κ3) is 7.98. The van der Waals surface area contributed by atoms with E-state index in [-0.39, 0.29) is 26.4 Å². The molecule has 0 N–H and O–H groups in total. The summed E-state index contributed by atoms with van der Waals surface area (Å²) >= 11 is 0. The van der Waals surface area contributed by atoms with Crippen molar-refractivity contribution in [2.75, 3.05) is 33.0 Å². The Kier molecular flexibility index (Phi) is 11.4. The maximum atomic E-state index is 12.2. The molecule has 0 heterocycles. The average molecular weight is 404 g/mol. The van der Waals surface area contributed by atoms with E-state index in [4.69, 9.17) is 27.6 Å². The zero-order chi connectivity index (χ0) is 19.5. The number of carbonyl (C=O) groups is 2. The topological polar surface area (TPSA) is 124 Å². The molecule has 0 saturated heterocycles. The second-order valence-corrected chi connectivity index (χ2v) is 8.19. The van der Waals surface area contributed by atoms with Gasteiger partial charge in [0.1, 0.15) is 12.7 Å². The third-order valence-corrected chi connectivity index (χ3v) is 5.91. The van der Waals surface area contributed by atoms with Gasteiger partial charge in [0.15, 0.2) is 0 Å². The largest absolute Gasteiger partial charge is 0.453 e. The molecule has 0 aliphatic heterocycles. The Morgan fingerprint density at radius 1 is 0.760 bits per heavy atom. The third-order valence-electron chi connectivity index (χ3n) is 2.39. The van der Waals surface area contributed by atoms with Gasteiger partial charge in [-0.15, -0.1) is 0 Å². The van der Waals surface area contributed by atoms with Crippen LogP contribution in [0.3, 0.4) is 0 Å². The fourth-order valence-electron chi connectivity index (χ4n) is 1.50. The Morgan fingerprint density at radius 3 is 1.48 bits per heavy atom. The number of carbonyl (C=O) groups excluding carboxylic acids is 2. The lowest BCUT2D eigenvalue weighted by molar-refractivity contribution is 0.0648. The van der Waals surface area contributed by atoms with E-state index >= 15 is 0 Å². The van der Waals surface area contributed by atoms with Crippen molar-refractivity contribution in [1.29, 1.82) is 0 Å². The van der Waals surface area contributed by atoms with Crippen molar-refractivity contribution < 1.29 is 46.3 Å². The van der Waals surface area contributed by atoms with Crippen molar-refractivity contribution in [3.05, 3.63) is 0 Å². The molecule has 1 unspecified atom stereocenters. The van der Waals surface area contributed by atoms with E-state index in [2.05, 4.69) is 0 Å². The van der Waals surface area contributed by atoms with Gasteiger partial charge in [0.05, 0.1) is 26.4 Å². The second kappa shape index (κ2) is 11.8. The molecule has 0 aromatic rings. The molecule has 0 spiro atoms. The Bertz CT molecular complexity index is 501. The molecule has 10 nitrogen and oxygen atoms in total. The monoisotopic (exact) mass is 404 g/mol. The van der Waals surface area contributed by atoms with Crippen LogP contribution in [0.1, 0.15) is 34.6 Å². The van der Waals surface area contributed by atoms with E-state index < -0.39 is 39.3 Å². The minimum atomic E-state index is -4.07. The molecule has 0 saturated carbocycles. The second-order valence-electron chi connectivity index (χ2n) is 4.44. The first-order valence-electron chi connectivity index (χ1n) is 7.85. The van der Waals surface area contributed by atoms with Crippen LogP contribution in [0.5, 0.6) is 0 Å². The average Bonchev–Trinajstić information content (AvgIpc) is 2.53. The highest BCUT2D eigenvalue weighted by Crippen LogP contribution is 2.51. The zero-order valence-electron chi connectivity index (χ0n) is 15.1. The van der Waals surface area contributed by atoms with E-state index in [1.165, 1.54) is 6.92 Å². The van der Waals surface area contributed by atoms with E-state index in [0.717, 1.165) is 0 Å². The predicted octanol–water partition coefficient (Wildman–Crippen LogP) is 4.18. The fraction of sp³-hybridized carbons (Fsp3) is 0.846. The summed E-state index contributed by atoms with van der Waals surface area (Å²) in [6.45, 7) is 7.08. The summed E-state index contributed by atoms with van der Waals surface area (Å²) < 4.78 is 53.4. The highest BCUT2D eigenvalue weighted by Gasteiger charge is 2.39. The van der Waals surface area contributed by atoms with Gasteiger partial charge >= 0.3 is 26.6 Å². The van der Waals surface area contributed by atoms with Crippen molar-refractivity contribution in [2.24, 2.45) is 0 Å². The van der Waals surface area contributed by atoms with Crippen LogP contribution in [0.2, 0.25) is 0 Å². The summed E-state index contributed by atoms with van der Waals surface area (Å²) in [6.07, 6.45) is -0.984. The maximum absolute atomic E-state index is 12.2. The Hall–Kier alpha value is -0.760. The first-order chi connectivity index (χ1) is 11.7. The smallest absolute Gasteiger partial charge is 0.438 e. The number of ether oxygens (including phenoxy) is 2. The van der Waals surface area contributed by atoms with Crippen molar-refractivity contribution >= 4 is 26.6 Å². The van der Waals surface area contributed by atoms with Gasteiger partial charge in [-0.3, -0.25) is 0 Å². The molecule has 0 radical (unpaired) electrons. The van der Waals surface area contributed by atoms with Crippen molar-refractivity contribution in [3.63, 3.8) is 0 Å². The van der Waals surface area contributed by atoms with Crippen molar-refractivity contribution in [3.8, 4) is 0 Å². The van der Waals surface area contributed by atoms with Crippen molar-refractivity contribution in [1.82, 2.24) is 0 Å². The van der Waals surface area contributed by atoms with Gasteiger partial charge in [-0.1, -0.05) is 0 Å². The Labute approximate surface area is 147 Å². The molecule has 1 atom stereocenters. The summed E-state index contributed by atoms with van der Waals surface area (Å²) in [5, 5.41) is 0. The first kappa shape index (κ1) is 24.2. The van der Waals surface area contributed by atoms with Gasteiger partial charge in [0.2, 0.25) is 0 Å². The molecule has 0 bridgehead atoms. The maximum Gasteiger partial charge on any atom is 0.438 e. The van der Waals surface area contributed by atoms with Crippen LogP contribution in [0.25, 0.3) is 0 Å². The van der Waals surface area contributed by atoms with Gasteiger partial charge in [0, 0.05) is 0 Å². The highest BCUT2D eigenvalue weighted by atomic mass is 31.2. The van der Waals surface area contributed by atoms with E-state index in [1.807, 2.05) is 0 Å². The normalized spacial score (nSPS) is 13.3. The van der Waals surface area contributed by atoms with E-state index in [9.17, 15) is 18.7 Å². The molecule has 0 aromatic carbocycles. The van der Waals surface area contributed by atoms with Crippen LogP contribution in [0, 0.1) is 0 Å². The molecule has 0 aliphatic rings. The van der Waals surface area contributed by atoms with Gasteiger partial charge in [-0.2, -0.15) is 0 Å². The molecular formula is C13H26O10P2. The standard InChI is InChI=1S/C13H26O10P2/c1-6-19-24(16,20-7-2)12(14)18-10-11(5)23-13(15)25(17,21-8-3)22-9-4/h11H,6-10H2,1-5H3. The fourth-order valence-corrected chi connectivity index (χ4v) is 3.98. The lowest BCUT2D eigenvalue weighted by Crippen LogP contribution is -2.23. The van der Waals surface area contributed by atoms with Gasteiger partial charge in [-0.05, 0) is 34.6 Å². The minimum Gasteiger partial charge on any atom is -0.453 e. The Morgan fingerprint density at radius 2 is 1.12 bits per heavy atom. The summed E-state index contributed by atoms with van der Waals surface area (Å²) in [7, 11) is -8.13. The van der Waals surface area contributed by atoms with Crippen molar-refractivity contribution in [2.45, 2.75) is 40.7 Å². The van der Waals surface area contributed by atoms with Crippen LogP contribution in [0.15, 0.2) is 0 Å². The van der Waals surface area contributed by atoms with Gasteiger partial charge in [0.25, 0.3) is 0 Å². The number of hydrogen-bond donors (Lipinski definition) is 0. The molecular weight excluding hydrogens is 378 g/mol. The number of hydrogen-bond acceptors (Lipinski definition) is 10. The van der Waals surface area contributed by atoms with Gasteiger partial charge in [-0.25, -0.2) is 18.7 Å². The lowest BCUT2D eigenvalue weighted by Gasteiger charge is -2.20. The predicted molar refractivity (Wildman–Crippen MR) is 89.0 cm³/mol. The summed E-state index contributed by atoms with van der Waals surface area (Å²) in [5.74, 6) is 0. The van der Waals surface area contributed by atoms with Crippen LogP contribution < -0.4 is 0 Å². The van der Waals surface area contributed by atoms with Crippen LogP contribution in [-0.4, -0.2) is 50.6 Å². The molecule has 0 fully saturated rings. The number of rotatable bonds is 13. The molecule has 0 aromatic heterocycles. The molecule has 0 aliphatic carbocycles. The van der Waals surface area contributed by atoms with Gasteiger partial charge < -0.3 is 27.6 Å². The lowest BCUT2D eigenvalue weighted by atomic mass is 10.4. The molecule has 0 amide bonds. The van der Waals surface area contributed by atoms with E-state index in [1.54, 1.807) is 27.7 Å². The summed E-state index contributed by atoms with van der Waals surface area (Å²) in [4.78, 5) is 23.8. The molecule has 0 rings (SSSR count). The Balaban J connectivity index is 4.71. The zero-order valence-corrected chi connectivity index (χ0v) is 16.9. The molecule has 148 valence electrons. The SMILES string of the molecule is CCOP(=O)(OCC)C(=O)OCC(C)OC(=O)P(=O)(OCC)OCC. The van der Waals surface area contributed by atoms with Crippen LogP contribution in [0.4, 0.5) is 9.59 Å². The van der Waals surface area contributed by atoms with E-state index in [0.29, 0.717) is 0 Å². The minimum absolute atomic E-state index is 0.0111. The quantitative estimate of drug-likeness (QED) is 0.413. The molecule has 12 heteroatoms. The summed E-state index contributed by atoms with van der Waals surface area (Å²) in [5.41, 5.74) is -2.39.